The van der Waals surface area contributed by atoms with Crippen molar-refractivity contribution in [2.45, 2.75) is 30.5 Å². The molecule has 27 heavy (non-hydrogen) atoms. The molecule has 0 fully saturated rings. The molecule has 0 aliphatic heterocycles. The molecule has 0 saturated heterocycles. The standard InChI is InChI=1S/C20H18N4O2S/c1-13(16-9-7-15(11-21)8-10-16)22-20(25)17-5-3-4-6-18(17)27-12-19-23-14(2)24-26-19/h3-10,13H,12H2,1-2H3,(H,22,25). The largest absolute Gasteiger partial charge is 0.345 e. The molecule has 1 N–H and O–H groups in total. The molecule has 1 unspecified atom stereocenters. The summed E-state index contributed by atoms with van der Waals surface area (Å²) in [6, 6.07) is 16.5. The van der Waals surface area contributed by atoms with E-state index in [0.29, 0.717) is 28.6 Å². The second-order valence-corrected chi connectivity index (χ2v) is 6.97. The minimum absolute atomic E-state index is 0.156. The van der Waals surface area contributed by atoms with Crippen LogP contribution >= 0.6 is 11.8 Å². The normalized spacial score (nSPS) is 11.6. The molecule has 0 aliphatic carbocycles. The number of nitriles is 1. The summed E-state index contributed by atoms with van der Waals surface area (Å²) in [7, 11) is 0. The molecule has 2 aromatic carbocycles. The second kappa shape index (κ2) is 8.52. The number of carbonyl (C=O) groups excluding carboxylic acids is 1. The number of amides is 1. The molecular weight excluding hydrogens is 360 g/mol. The smallest absolute Gasteiger partial charge is 0.252 e. The molecule has 1 amide bonds. The number of hydrogen-bond donors (Lipinski definition) is 1. The molecule has 7 heteroatoms. The topological polar surface area (TPSA) is 91.8 Å². The summed E-state index contributed by atoms with van der Waals surface area (Å²) in [6.45, 7) is 3.68. The number of hydrogen-bond acceptors (Lipinski definition) is 6. The van der Waals surface area contributed by atoms with E-state index in [-0.39, 0.29) is 11.9 Å². The van der Waals surface area contributed by atoms with Crippen LogP contribution in [-0.2, 0) is 5.75 Å². The maximum absolute atomic E-state index is 12.8. The van der Waals surface area contributed by atoms with Gasteiger partial charge in [-0.3, -0.25) is 4.79 Å². The summed E-state index contributed by atoms with van der Waals surface area (Å²) in [5.74, 6) is 1.46. The molecule has 0 aliphatic rings. The van der Waals surface area contributed by atoms with Gasteiger partial charge in [0.15, 0.2) is 5.82 Å². The first kappa shape index (κ1) is 18.7. The van der Waals surface area contributed by atoms with Crippen LogP contribution in [-0.4, -0.2) is 16.0 Å². The van der Waals surface area contributed by atoms with Crippen LogP contribution in [0.25, 0.3) is 0 Å². The summed E-state index contributed by atoms with van der Waals surface area (Å²) in [6.07, 6.45) is 0. The van der Waals surface area contributed by atoms with Gasteiger partial charge in [-0.1, -0.05) is 29.4 Å². The molecule has 1 aromatic heterocycles. The lowest BCUT2D eigenvalue weighted by Gasteiger charge is -2.16. The Balaban J connectivity index is 1.69. The maximum atomic E-state index is 12.8. The number of rotatable bonds is 6. The number of aromatic nitrogens is 2. The number of thioether (sulfide) groups is 1. The number of benzene rings is 2. The van der Waals surface area contributed by atoms with E-state index in [0.717, 1.165) is 10.5 Å². The van der Waals surface area contributed by atoms with E-state index < -0.39 is 0 Å². The van der Waals surface area contributed by atoms with Crippen LogP contribution in [0.2, 0.25) is 0 Å². The van der Waals surface area contributed by atoms with E-state index in [2.05, 4.69) is 21.5 Å². The van der Waals surface area contributed by atoms with Crippen molar-refractivity contribution in [3.63, 3.8) is 0 Å². The van der Waals surface area contributed by atoms with Gasteiger partial charge in [-0.05, 0) is 43.7 Å². The quantitative estimate of drug-likeness (QED) is 0.651. The third-order valence-corrected chi connectivity index (χ3v) is 5.00. The van der Waals surface area contributed by atoms with Gasteiger partial charge in [0.05, 0.1) is 29.0 Å². The Morgan fingerprint density at radius 1 is 1.26 bits per heavy atom. The van der Waals surface area contributed by atoms with E-state index in [1.165, 1.54) is 11.8 Å². The summed E-state index contributed by atoms with van der Waals surface area (Å²) in [5.41, 5.74) is 2.13. The monoisotopic (exact) mass is 378 g/mol. The summed E-state index contributed by atoms with van der Waals surface area (Å²) in [5, 5.41) is 15.7. The van der Waals surface area contributed by atoms with Gasteiger partial charge in [-0.2, -0.15) is 10.2 Å². The highest BCUT2D eigenvalue weighted by Crippen LogP contribution is 2.26. The lowest BCUT2D eigenvalue weighted by Crippen LogP contribution is -2.27. The van der Waals surface area contributed by atoms with Crippen molar-refractivity contribution in [3.8, 4) is 6.07 Å². The second-order valence-electron chi connectivity index (χ2n) is 5.95. The molecule has 0 radical (unpaired) electrons. The first-order valence-corrected chi connectivity index (χ1v) is 9.37. The lowest BCUT2D eigenvalue weighted by atomic mass is 10.1. The summed E-state index contributed by atoms with van der Waals surface area (Å²) >= 11 is 1.48. The SMILES string of the molecule is Cc1noc(CSc2ccccc2C(=O)NC(C)c2ccc(C#N)cc2)n1. The van der Waals surface area contributed by atoms with Crippen molar-refractivity contribution in [2.75, 3.05) is 0 Å². The third-order valence-electron chi connectivity index (χ3n) is 3.94. The van der Waals surface area contributed by atoms with Crippen molar-refractivity contribution in [2.24, 2.45) is 0 Å². The Kier molecular flexibility index (Phi) is 5.89. The van der Waals surface area contributed by atoms with Crippen LogP contribution in [0.3, 0.4) is 0 Å². The lowest BCUT2D eigenvalue weighted by molar-refractivity contribution is 0.0937. The third kappa shape index (κ3) is 4.74. The first-order chi connectivity index (χ1) is 13.1. The van der Waals surface area contributed by atoms with Crippen LogP contribution in [0.1, 0.15) is 46.2 Å². The van der Waals surface area contributed by atoms with E-state index in [9.17, 15) is 4.79 Å². The van der Waals surface area contributed by atoms with Gasteiger partial charge in [-0.15, -0.1) is 11.8 Å². The van der Waals surface area contributed by atoms with Gasteiger partial charge in [0.2, 0.25) is 5.89 Å². The average Bonchev–Trinajstić information content (AvgIpc) is 3.11. The van der Waals surface area contributed by atoms with E-state index in [1.807, 2.05) is 37.3 Å². The first-order valence-electron chi connectivity index (χ1n) is 8.39. The number of nitrogens with zero attached hydrogens (tertiary/aromatic N) is 3. The van der Waals surface area contributed by atoms with Gasteiger partial charge >= 0.3 is 0 Å². The van der Waals surface area contributed by atoms with Crippen LogP contribution in [0.15, 0.2) is 57.9 Å². The van der Waals surface area contributed by atoms with Gasteiger partial charge in [0, 0.05) is 4.90 Å². The van der Waals surface area contributed by atoms with E-state index in [4.69, 9.17) is 9.78 Å². The van der Waals surface area contributed by atoms with Crippen LogP contribution in [0.4, 0.5) is 0 Å². The highest BCUT2D eigenvalue weighted by atomic mass is 32.2. The van der Waals surface area contributed by atoms with Gasteiger partial charge in [-0.25, -0.2) is 0 Å². The molecule has 136 valence electrons. The zero-order chi connectivity index (χ0) is 19.2. The van der Waals surface area contributed by atoms with Crippen molar-refractivity contribution in [1.29, 1.82) is 5.26 Å². The van der Waals surface area contributed by atoms with Gasteiger partial charge in [0.1, 0.15) is 0 Å². The molecule has 0 saturated carbocycles. The average molecular weight is 378 g/mol. The fraction of sp³-hybridized carbons (Fsp3) is 0.200. The Morgan fingerprint density at radius 3 is 2.67 bits per heavy atom. The fourth-order valence-electron chi connectivity index (χ4n) is 2.52. The number of nitrogens with one attached hydrogen (secondary N) is 1. The molecule has 1 heterocycles. The Bertz CT molecular complexity index is 976. The van der Waals surface area contributed by atoms with Gasteiger partial charge in [0.25, 0.3) is 5.91 Å². The molecule has 3 aromatic rings. The molecule has 0 bridgehead atoms. The van der Waals surface area contributed by atoms with Crippen LogP contribution in [0.5, 0.6) is 0 Å². The molecule has 6 nitrogen and oxygen atoms in total. The Labute approximate surface area is 161 Å². The number of aryl methyl sites for hydroxylation is 1. The van der Waals surface area contributed by atoms with Crippen LogP contribution < -0.4 is 5.32 Å². The maximum Gasteiger partial charge on any atom is 0.252 e. The predicted molar refractivity (Wildman–Crippen MR) is 102 cm³/mol. The van der Waals surface area contributed by atoms with Crippen molar-refractivity contribution >= 4 is 17.7 Å². The minimum atomic E-state index is -0.179. The molecule has 0 spiro atoms. The van der Waals surface area contributed by atoms with Gasteiger partial charge < -0.3 is 9.84 Å². The Hall–Kier alpha value is -3.11. The molecule has 3 rings (SSSR count). The van der Waals surface area contributed by atoms with E-state index >= 15 is 0 Å². The van der Waals surface area contributed by atoms with E-state index in [1.54, 1.807) is 25.1 Å². The summed E-state index contributed by atoms with van der Waals surface area (Å²) in [4.78, 5) is 17.8. The van der Waals surface area contributed by atoms with Crippen LogP contribution in [0, 0.1) is 18.3 Å². The van der Waals surface area contributed by atoms with Crippen molar-refractivity contribution in [3.05, 3.63) is 76.9 Å². The highest BCUT2D eigenvalue weighted by Gasteiger charge is 2.16. The fourth-order valence-corrected chi connectivity index (χ4v) is 3.41. The number of carbonyl (C=O) groups is 1. The Morgan fingerprint density at radius 2 is 2.00 bits per heavy atom. The molecule has 1 atom stereocenters. The van der Waals surface area contributed by atoms with Crippen molar-refractivity contribution in [1.82, 2.24) is 15.5 Å². The zero-order valence-corrected chi connectivity index (χ0v) is 15.8. The zero-order valence-electron chi connectivity index (χ0n) is 15.0. The molecular formula is C20H18N4O2S. The predicted octanol–water partition coefficient (Wildman–Crippen LogP) is 4.03. The highest BCUT2D eigenvalue weighted by molar-refractivity contribution is 7.98. The van der Waals surface area contributed by atoms with Crippen molar-refractivity contribution < 1.29 is 9.32 Å². The summed E-state index contributed by atoms with van der Waals surface area (Å²) < 4.78 is 5.12. The minimum Gasteiger partial charge on any atom is -0.345 e.